The van der Waals surface area contributed by atoms with E-state index in [2.05, 4.69) is 10.6 Å². The van der Waals surface area contributed by atoms with Crippen molar-refractivity contribution in [1.82, 2.24) is 5.32 Å². The molecule has 0 fully saturated rings. The summed E-state index contributed by atoms with van der Waals surface area (Å²) in [6.07, 6.45) is -0.683. The molecule has 0 aliphatic carbocycles. The van der Waals surface area contributed by atoms with Crippen molar-refractivity contribution in [3.8, 4) is 0 Å². The minimum atomic E-state index is -0.683. The van der Waals surface area contributed by atoms with E-state index in [0.29, 0.717) is 0 Å². The Morgan fingerprint density at radius 3 is 2.45 bits per heavy atom. The van der Waals surface area contributed by atoms with Gasteiger partial charge in [-0.2, -0.15) is 0 Å². The van der Waals surface area contributed by atoms with Gasteiger partial charge in [-0.05, 0) is 19.2 Å². The van der Waals surface area contributed by atoms with Crippen LogP contribution in [0.25, 0.3) is 0 Å². The van der Waals surface area contributed by atoms with Gasteiger partial charge in [-0.1, -0.05) is 18.2 Å². The van der Waals surface area contributed by atoms with Crippen molar-refractivity contribution in [2.45, 2.75) is 6.35 Å². The van der Waals surface area contributed by atoms with Gasteiger partial charge in [0.15, 0.2) is 6.35 Å². The van der Waals surface area contributed by atoms with Crippen molar-refractivity contribution in [1.29, 1.82) is 0 Å². The van der Waals surface area contributed by atoms with Gasteiger partial charge in [0, 0.05) is 5.69 Å². The Bertz CT molecular complexity index is 201. The standard InChI is InChI=1S/C8H12N2O/c1-9-8(11)10-7-5-3-2-4-6-7/h2-6,8-11H,1H3. The summed E-state index contributed by atoms with van der Waals surface area (Å²) in [7, 11) is 1.68. The van der Waals surface area contributed by atoms with E-state index in [-0.39, 0.29) is 0 Å². The molecule has 0 aliphatic rings. The molecule has 1 rings (SSSR count). The molecule has 1 unspecified atom stereocenters. The van der Waals surface area contributed by atoms with Gasteiger partial charge in [0.1, 0.15) is 0 Å². The monoisotopic (exact) mass is 152 g/mol. The highest BCUT2D eigenvalue weighted by molar-refractivity contribution is 5.42. The van der Waals surface area contributed by atoms with Crippen LogP contribution in [0.1, 0.15) is 0 Å². The third kappa shape index (κ3) is 2.57. The van der Waals surface area contributed by atoms with E-state index < -0.39 is 6.35 Å². The van der Waals surface area contributed by atoms with E-state index >= 15 is 0 Å². The molecule has 0 aromatic heterocycles. The fourth-order valence-electron chi connectivity index (χ4n) is 0.764. The van der Waals surface area contributed by atoms with Crippen LogP contribution >= 0.6 is 0 Å². The van der Waals surface area contributed by atoms with Gasteiger partial charge >= 0.3 is 0 Å². The zero-order valence-corrected chi connectivity index (χ0v) is 6.41. The molecule has 1 aromatic carbocycles. The molecule has 0 radical (unpaired) electrons. The summed E-state index contributed by atoms with van der Waals surface area (Å²) in [5.41, 5.74) is 0.898. The largest absolute Gasteiger partial charge is 0.361 e. The zero-order valence-electron chi connectivity index (χ0n) is 6.41. The highest BCUT2D eigenvalue weighted by Crippen LogP contribution is 2.04. The fraction of sp³-hybridized carbons (Fsp3) is 0.250. The molecule has 0 bridgehead atoms. The van der Waals surface area contributed by atoms with Crippen LogP contribution in [0.3, 0.4) is 0 Å². The minimum Gasteiger partial charge on any atom is -0.361 e. The van der Waals surface area contributed by atoms with E-state index in [0.717, 1.165) is 5.69 Å². The first kappa shape index (κ1) is 8.04. The summed E-state index contributed by atoms with van der Waals surface area (Å²) >= 11 is 0. The number of para-hydroxylation sites is 1. The SMILES string of the molecule is CNC(O)Nc1ccccc1. The van der Waals surface area contributed by atoms with Crippen LogP contribution < -0.4 is 10.6 Å². The van der Waals surface area contributed by atoms with Crippen molar-refractivity contribution in [3.63, 3.8) is 0 Å². The second-order valence-corrected chi connectivity index (χ2v) is 2.20. The summed E-state index contributed by atoms with van der Waals surface area (Å²) in [6.45, 7) is 0. The number of rotatable bonds is 3. The van der Waals surface area contributed by atoms with Crippen molar-refractivity contribution >= 4 is 5.69 Å². The second-order valence-electron chi connectivity index (χ2n) is 2.20. The van der Waals surface area contributed by atoms with Crippen molar-refractivity contribution in [2.75, 3.05) is 12.4 Å². The lowest BCUT2D eigenvalue weighted by atomic mass is 10.3. The summed E-state index contributed by atoms with van der Waals surface area (Å²) in [6, 6.07) is 9.52. The van der Waals surface area contributed by atoms with Gasteiger partial charge < -0.3 is 10.4 Å². The number of hydrogen-bond acceptors (Lipinski definition) is 3. The number of aliphatic hydroxyl groups is 1. The molecule has 0 spiro atoms. The smallest absolute Gasteiger partial charge is 0.181 e. The molecular formula is C8H12N2O. The maximum atomic E-state index is 9.09. The predicted molar refractivity (Wildman–Crippen MR) is 45.1 cm³/mol. The lowest BCUT2D eigenvalue weighted by molar-refractivity contribution is 0.176. The van der Waals surface area contributed by atoms with E-state index in [1.807, 2.05) is 30.3 Å². The molecule has 0 aliphatic heterocycles. The normalized spacial score (nSPS) is 12.5. The number of nitrogens with one attached hydrogen (secondary N) is 2. The molecule has 1 atom stereocenters. The molecule has 0 saturated carbocycles. The Morgan fingerprint density at radius 1 is 1.27 bits per heavy atom. The average Bonchev–Trinajstić information content (AvgIpc) is 2.06. The van der Waals surface area contributed by atoms with E-state index in [9.17, 15) is 0 Å². The summed E-state index contributed by atoms with van der Waals surface area (Å²) in [5, 5.41) is 14.6. The van der Waals surface area contributed by atoms with Crippen molar-refractivity contribution in [2.24, 2.45) is 0 Å². The Balaban J connectivity index is 2.51. The minimum absolute atomic E-state index is 0.683. The van der Waals surface area contributed by atoms with Gasteiger partial charge in [0.05, 0.1) is 0 Å². The molecule has 60 valence electrons. The first-order chi connectivity index (χ1) is 5.33. The van der Waals surface area contributed by atoms with Gasteiger partial charge in [0.2, 0.25) is 0 Å². The molecule has 0 amide bonds. The fourth-order valence-corrected chi connectivity index (χ4v) is 0.764. The number of hydrogen-bond donors (Lipinski definition) is 3. The van der Waals surface area contributed by atoms with Crippen molar-refractivity contribution in [3.05, 3.63) is 30.3 Å². The van der Waals surface area contributed by atoms with E-state index in [1.165, 1.54) is 0 Å². The van der Waals surface area contributed by atoms with Crippen molar-refractivity contribution < 1.29 is 5.11 Å². The average molecular weight is 152 g/mol. The third-order valence-electron chi connectivity index (χ3n) is 1.35. The van der Waals surface area contributed by atoms with E-state index in [4.69, 9.17) is 5.11 Å². The number of anilines is 1. The van der Waals surface area contributed by atoms with Crippen LogP contribution in [-0.4, -0.2) is 18.5 Å². The number of benzene rings is 1. The molecule has 11 heavy (non-hydrogen) atoms. The quantitative estimate of drug-likeness (QED) is 0.555. The molecule has 3 N–H and O–H groups in total. The highest BCUT2D eigenvalue weighted by atomic mass is 16.3. The van der Waals surface area contributed by atoms with Crippen LogP contribution in [0.5, 0.6) is 0 Å². The molecule has 1 aromatic rings. The third-order valence-corrected chi connectivity index (χ3v) is 1.35. The maximum absolute atomic E-state index is 9.09. The van der Waals surface area contributed by atoms with Crippen LogP contribution in [0, 0.1) is 0 Å². The molecule has 3 nitrogen and oxygen atoms in total. The van der Waals surface area contributed by atoms with Crippen LogP contribution in [0.2, 0.25) is 0 Å². The number of aliphatic hydroxyl groups excluding tert-OH is 1. The Morgan fingerprint density at radius 2 is 1.91 bits per heavy atom. The first-order valence-corrected chi connectivity index (χ1v) is 3.50. The Hall–Kier alpha value is -1.06. The molecule has 0 heterocycles. The summed E-state index contributed by atoms with van der Waals surface area (Å²) in [4.78, 5) is 0. The Kier molecular flexibility index (Phi) is 2.89. The maximum Gasteiger partial charge on any atom is 0.181 e. The zero-order chi connectivity index (χ0) is 8.10. The lowest BCUT2D eigenvalue weighted by Gasteiger charge is -2.11. The van der Waals surface area contributed by atoms with Gasteiger partial charge in [-0.15, -0.1) is 0 Å². The van der Waals surface area contributed by atoms with Gasteiger partial charge in [-0.25, -0.2) is 0 Å². The predicted octanol–water partition coefficient (Wildman–Crippen LogP) is 0.594. The first-order valence-electron chi connectivity index (χ1n) is 3.50. The second kappa shape index (κ2) is 3.95. The van der Waals surface area contributed by atoms with Crippen LogP contribution in [-0.2, 0) is 0 Å². The highest BCUT2D eigenvalue weighted by Gasteiger charge is 1.96. The Labute approximate surface area is 66.1 Å². The summed E-state index contributed by atoms with van der Waals surface area (Å²) in [5.74, 6) is 0. The van der Waals surface area contributed by atoms with E-state index in [1.54, 1.807) is 7.05 Å². The molecule has 3 heteroatoms. The van der Waals surface area contributed by atoms with Crippen LogP contribution in [0.15, 0.2) is 30.3 Å². The molecule has 0 saturated heterocycles. The topological polar surface area (TPSA) is 44.3 Å². The van der Waals surface area contributed by atoms with Gasteiger partial charge in [0.25, 0.3) is 0 Å². The molecular weight excluding hydrogens is 140 g/mol. The van der Waals surface area contributed by atoms with Crippen LogP contribution in [0.4, 0.5) is 5.69 Å². The van der Waals surface area contributed by atoms with Gasteiger partial charge in [-0.3, -0.25) is 5.32 Å². The summed E-state index contributed by atoms with van der Waals surface area (Å²) < 4.78 is 0. The lowest BCUT2D eigenvalue weighted by Crippen LogP contribution is -2.32.